The van der Waals surface area contributed by atoms with Crippen molar-refractivity contribution in [3.63, 3.8) is 0 Å². The number of nitrogens with zero attached hydrogens (tertiary/aromatic N) is 4. The average molecular weight is 1300 g/mol. The summed E-state index contributed by atoms with van der Waals surface area (Å²) in [5.74, 6) is -5.07. The number of benzene rings is 3. The number of hydrogen-bond donors (Lipinski definition) is 7. The van der Waals surface area contributed by atoms with Gasteiger partial charge in [-0.15, -0.1) is 0 Å². The van der Waals surface area contributed by atoms with Crippen molar-refractivity contribution in [2.75, 3.05) is 65.6 Å². The third-order valence-corrected chi connectivity index (χ3v) is 18.0. The zero-order chi connectivity index (χ0) is 69.2. The Balaban J connectivity index is 1.25. The number of ether oxygens (including phenoxy) is 2. The smallest absolute Gasteiger partial charge is 0.253 e. The molecule has 3 aromatic carbocycles. The van der Waals surface area contributed by atoms with Crippen LogP contribution in [0.25, 0.3) is 0 Å². The molecule has 516 valence electrons. The summed E-state index contributed by atoms with van der Waals surface area (Å²) in [6.07, 6.45) is 6.07. The number of carbonyl (C=O) groups is 10. The highest BCUT2D eigenvalue weighted by Gasteiger charge is 2.44. The number of rotatable bonds is 39. The van der Waals surface area contributed by atoms with Crippen LogP contribution in [0.5, 0.6) is 0 Å². The first-order valence-corrected chi connectivity index (χ1v) is 33.4. The molecular formula is C71H105N11O12. The van der Waals surface area contributed by atoms with E-state index >= 15 is 0 Å². The number of unbranched alkanes of at least 4 members (excludes halogenated alkanes) is 3. The van der Waals surface area contributed by atoms with Crippen molar-refractivity contribution in [1.29, 1.82) is 0 Å². The number of amides is 10. The minimum atomic E-state index is -1.07. The summed E-state index contributed by atoms with van der Waals surface area (Å²) in [5, 5.41) is 17.6. The Labute approximate surface area is 556 Å². The summed E-state index contributed by atoms with van der Waals surface area (Å²) < 4.78 is 12.2. The van der Waals surface area contributed by atoms with Crippen LogP contribution in [0.2, 0.25) is 0 Å². The van der Waals surface area contributed by atoms with Gasteiger partial charge in [0.05, 0.1) is 42.7 Å². The number of nitrogens with two attached hydrogens (primary N) is 1. The van der Waals surface area contributed by atoms with E-state index in [1.165, 1.54) is 26.4 Å². The Bertz CT molecular complexity index is 2980. The second-order valence-electron chi connectivity index (χ2n) is 25.9. The molecule has 1 saturated heterocycles. The largest absolute Gasteiger partial charge is 0.379 e. The highest BCUT2D eigenvalue weighted by molar-refractivity contribution is 6.12. The predicted molar refractivity (Wildman–Crippen MR) is 362 cm³/mol. The lowest BCUT2D eigenvalue weighted by Gasteiger charge is -2.41. The molecule has 1 fully saturated rings. The standard InChI is InChI=1S/C71H105N11O12/c1-13-47(6)64(80(10)71(92)62(45(2)3)78-70(91)63(46(4)5)79(8)9)57(93-11)44-61(86)81-41-25-31-56(81)65(94-12)48(7)66(87)77-55(43-50-28-19-15-20-29-50)68(89)74-52-35-33-51(34-36-52)73-67(88)53(30-22-23-39-72)76-69(90)54(42-49-26-17-14-18-27-49)75-58(83)32-21-16-24-40-82-59(84)37-38-60(82)85/h14-15,17-20,26-29,33-38,45-48,53-57,62-65H,13,16,21-25,30-32,39-44,72H2,1-12H3,(H,73,88)(H,74,89)(H,75,83)(H,76,90)(H,77,87)(H,78,91)/t47-,48+,53-,54-,55-,56-,57+,62-,63-,64-,65+/m0/s1. The molecule has 23 nitrogen and oxygen atoms in total. The van der Waals surface area contributed by atoms with Crippen LogP contribution in [0.3, 0.4) is 0 Å². The number of hydrogen-bond acceptors (Lipinski definition) is 14. The highest BCUT2D eigenvalue weighted by Crippen LogP contribution is 2.30. The Morgan fingerprint density at radius 1 is 0.628 bits per heavy atom. The van der Waals surface area contributed by atoms with Gasteiger partial charge in [-0.2, -0.15) is 0 Å². The Morgan fingerprint density at radius 2 is 1.18 bits per heavy atom. The summed E-state index contributed by atoms with van der Waals surface area (Å²) in [6.45, 7) is 14.5. The van der Waals surface area contributed by atoms with Crippen LogP contribution in [0, 0.1) is 23.7 Å². The molecule has 5 rings (SSSR count). The van der Waals surface area contributed by atoms with Gasteiger partial charge in [-0.25, -0.2) is 0 Å². The Hall–Kier alpha value is -7.86. The fourth-order valence-electron chi connectivity index (χ4n) is 12.6. The van der Waals surface area contributed by atoms with Crippen molar-refractivity contribution >= 4 is 70.4 Å². The topological polar surface area (TPSA) is 300 Å². The van der Waals surface area contributed by atoms with E-state index in [0.29, 0.717) is 75.8 Å². The first-order valence-electron chi connectivity index (χ1n) is 33.4. The quantitative estimate of drug-likeness (QED) is 0.0264. The molecule has 0 aliphatic carbocycles. The lowest BCUT2D eigenvalue weighted by molar-refractivity contribution is -0.148. The van der Waals surface area contributed by atoms with E-state index in [4.69, 9.17) is 15.2 Å². The fraction of sp³-hybridized carbons (Fsp3) is 0.577. The molecule has 0 spiro atoms. The summed E-state index contributed by atoms with van der Waals surface area (Å²) in [6, 6.07) is 19.4. The third-order valence-electron chi connectivity index (χ3n) is 18.0. The van der Waals surface area contributed by atoms with E-state index < -0.39 is 84.0 Å². The predicted octanol–water partition coefficient (Wildman–Crippen LogP) is 5.77. The van der Waals surface area contributed by atoms with E-state index in [2.05, 4.69) is 31.9 Å². The maximum absolute atomic E-state index is 14.7. The summed E-state index contributed by atoms with van der Waals surface area (Å²) in [4.78, 5) is 143. The molecule has 0 saturated carbocycles. The Morgan fingerprint density at radius 3 is 1.69 bits per heavy atom. The zero-order valence-corrected chi connectivity index (χ0v) is 57.3. The van der Waals surface area contributed by atoms with Crippen molar-refractivity contribution in [2.24, 2.45) is 29.4 Å². The number of carbonyl (C=O) groups excluding carboxylic acids is 10. The van der Waals surface area contributed by atoms with Gasteiger partial charge in [-0.05, 0) is 119 Å². The van der Waals surface area contributed by atoms with E-state index in [-0.39, 0.29) is 91.8 Å². The molecular weight excluding hydrogens is 1200 g/mol. The summed E-state index contributed by atoms with van der Waals surface area (Å²) in [7, 11) is 8.41. The number of likely N-dealkylation sites (N-methyl/N-ethyl adjacent to an activating group) is 2. The van der Waals surface area contributed by atoms with Crippen molar-refractivity contribution < 1.29 is 57.4 Å². The monoisotopic (exact) mass is 1300 g/mol. The van der Waals surface area contributed by atoms with Crippen molar-refractivity contribution in [1.82, 2.24) is 40.9 Å². The van der Waals surface area contributed by atoms with Crippen LogP contribution in [0.4, 0.5) is 11.4 Å². The van der Waals surface area contributed by atoms with Crippen LogP contribution in [-0.2, 0) is 70.3 Å². The molecule has 0 bridgehead atoms. The van der Waals surface area contributed by atoms with E-state index in [9.17, 15) is 47.9 Å². The van der Waals surface area contributed by atoms with Crippen molar-refractivity contribution in [2.45, 2.75) is 186 Å². The molecule has 2 aliphatic heterocycles. The normalized spacial score (nSPS) is 17.1. The summed E-state index contributed by atoms with van der Waals surface area (Å²) >= 11 is 0. The minimum Gasteiger partial charge on any atom is -0.379 e. The van der Waals surface area contributed by atoms with Crippen LogP contribution in [-0.4, -0.2) is 188 Å². The van der Waals surface area contributed by atoms with Crippen LogP contribution in [0.15, 0.2) is 97.1 Å². The van der Waals surface area contributed by atoms with E-state index in [0.717, 1.165) is 16.0 Å². The first kappa shape index (κ1) is 76.8. The molecule has 94 heavy (non-hydrogen) atoms. The molecule has 10 amide bonds. The Kier molecular flexibility index (Phi) is 31.5. The molecule has 11 atom stereocenters. The average Bonchev–Trinajstić information content (AvgIpc) is 1.35. The van der Waals surface area contributed by atoms with Gasteiger partial charge in [-0.3, -0.25) is 57.7 Å². The van der Waals surface area contributed by atoms with E-state index in [1.807, 2.05) is 121 Å². The van der Waals surface area contributed by atoms with Gasteiger partial charge >= 0.3 is 0 Å². The second-order valence-corrected chi connectivity index (χ2v) is 25.9. The molecule has 23 heteroatoms. The molecule has 2 aliphatic rings. The molecule has 3 aromatic rings. The molecule has 0 unspecified atom stereocenters. The van der Waals surface area contributed by atoms with E-state index in [1.54, 1.807) is 48.0 Å². The van der Waals surface area contributed by atoms with Crippen molar-refractivity contribution in [3.8, 4) is 0 Å². The van der Waals surface area contributed by atoms with Gasteiger partial charge < -0.3 is 56.9 Å². The number of nitrogens with one attached hydrogen (secondary N) is 6. The molecule has 0 aromatic heterocycles. The van der Waals surface area contributed by atoms with Gasteiger partial charge in [0.1, 0.15) is 24.2 Å². The zero-order valence-electron chi connectivity index (χ0n) is 57.3. The van der Waals surface area contributed by atoms with Gasteiger partial charge in [0.2, 0.25) is 47.3 Å². The molecule has 8 N–H and O–H groups in total. The SMILES string of the molecule is CC[C@H](C)[C@@H]([C@@H](CC(=O)N1CCC[C@H]1[C@H](OC)[C@@H](C)C(=O)N[C@@H](Cc1ccccc1)C(=O)Nc1ccc(NC(=O)[C@H](CCCCN)NC(=O)[C@H](Cc2ccccc2)NC(=O)CCCCCN2C(=O)C=CC2=O)cc1)OC)N(C)C(=O)[C@@H](NC(=O)[C@H](C(C)C)N(C)C)C(C)C. The first-order chi connectivity index (χ1) is 44.8. The van der Waals surface area contributed by atoms with Gasteiger partial charge in [-0.1, -0.05) is 122 Å². The highest BCUT2D eigenvalue weighted by atomic mass is 16.5. The maximum Gasteiger partial charge on any atom is 0.253 e. The number of imide groups is 1. The number of methoxy groups -OCH3 is 2. The molecule has 2 heterocycles. The van der Waals surface area contributed by atoms with Gasteiger partial charge in [0.15, 0.2) is 0 Å². The van der Waals surface area contributed by atoms with Gasteiger partial charge in [0.25, 0.3) is 11.8 Å². The number of anilines is 2. The van der Waals surface area contributed by atoms with Crippen molar-refractivity contribution in [3.05, 3.63) is 108 Å². The third kappa shape index (κ3) is 22.7. The molecule has 0 radical (unpaired) electrons. The fourth-order valence-corrected chi connectivity index (χ4v) is 12.6. The maximum atomic E-state index is 14.7. The second kappa shape index (κ2) is 38.5. The minimum absolute atomic E-state index is 0.00386. The lowest BCUT2D eigenvalue weighted by atomic mass is 9.89. The van der Waals surface area contributed by atoms with Crippen LogP contribution in [0.1, 0.15) is 130 Å². The number of likely N-dealkylation sites (tertiary alicyclic amines) is 1. The summed E-state index contributed by atoms with van der Waals surface area (Å²) in [5.41, 5.74) is 8.14. The van der Waals surface area contributed by atoms with Gasteiger partial charge in [0, 0.05) is 77.1 Å². The van der Waals surface area contributed by atoms with Crippen LogP contribution >= 0.6 is 0 Å². The van der Waals surface area contributed by atoms with Crippen LogP contribution < -0.4 is 37.6 Å². The lowest BCUT2D eigenvalue weighted by Crippen LogP contribution is -2.59.